The van der Waals surface area contributed by atoms with Gasteiger partial charge in [-0.3, -0.25) is 0 Å². The largest absolute Gasteiger partial charge is 0.576 e. The van der Waals surface area contributed by atoms with E-state index in [1.54, 1.807) is 12.1 Å². The quantitative estimate of drug-likeness (QED) is 0.768. The van der Waals surface area contributed by atoms with E-state index in [4.69, 9.17) is 18.8 Å². The summed E-state index contributed by atoms with van der Waals surface area (Å²) in [6, 6.07) is 8.32. The van der Waals surface area contributed by atoms with E-state index >= 15 is 0 Å². The second kappa shape index (κ2) is 6.83. The first kappa shape index (κ1) is 15.0. The van der Waals surface area contributed by atoms with E-state index in [9.17, 15) is 8.78 Å². The Morgan fingerprint density at radius 3 is 1.52 bits per heavy atom. The van der Waals surface area contributed by atoms with Crippen LogP contribution in [0.2, 0.25) is 0 Å². The average Bonchev–Trinajstić information content (AvgIpc) is 2.48. The Kier molecular flexibility index (Phi) is 4.87. The van der Waals surface area contributed by atoms with Crippen molar-refractivity contribution in [2.45, 2.75) is 0 Å². The number of ether oxygens (including phenoxy) is 2. The van der Waals surface area contributed by atoms with Gasteiger partial charge in [-0.2, -0.15) is 0 Å². The average molecular weight is 294 g/mol. The minimum absolute atomic E-state index is 0.125. The van der Waals surface area contributed by atoms with Crippen LogP contribution in [0, 0.1) is 11.6 Å². The van der Waals surface area contributed by atoms with Crippen LogP contribution in [0.1, 0.15) is 0 Å². The van der Waals surface area contributed by atoms with Gasteiger partial charge in [0.1, 0.15) is 11.5 Å². The number of methoxy groups -OCH3 is 2. The number of rotatable bonds is 6. The normalized spacial score (nSPS) is 9.90. The number of halogens is 2. The fraction of sp³-hybridized carbons (Fsp3) is 0.143. The summed E-state index contributed by atoms with van der Waals surface area (Å²) in [6.45, 7) is 0. The molecule has 0 bridgehead atoms. The molecule has 2 aromatic carbocycles. The van der Waals surface area contributed by atoms with Crippen LogP contribution in [0.25, 0.3) is 0 Å². The third kappa shape index (κ3) is 3.78. The van der Waals surface area contributed by atoms with Crippen molar-refractivity contribution in [1.82, 2.24) is 0 Å². The zero-order valence-electron chi connectivity index (χ0n) is 11.6. The summed E-state index contributed by atoms with van der Waals surface area (Å²) < 4.78 is 46.9. The molecule has 2 aromatic rings. The monoisotopic (exact) mass is 294 g/mol. The van der Waals surface area contributed by atoms with Crippen molar-refractivity contribution in [3.8, 4) is 23.0 Å². The molecular formula is C14H13BF2O4. The van der Waals surface area contributed by atoms with Gasteiger partial charge < -0.3 is 18.8 Å². The number of benzene rings is 2. The molecule has 0 atom stereocenters. The van der Waals surface area contributed by atoms with Crippen LogP contribution in [0.3, 0.4) is 0 Å². The minimum atomic E-state index is -0.537. The van der Waals surface area contributed by atoms with E-state index < -0.39 is 11.6 Å². The van der Waals surface area contributed by atoms with Gasteiger partial charge in [-0.15, -0.1) is 0 Å². The summed E-state index contributed by atoms with van der Waals surface area (Å²) in [6.07, 6.45) is 0. The molecule has 0 aliphatic carbocycles. The van der Waals surface area contributed by atoms with Gasteiger partial charge in [0, 0.05) is 12.1 Å². The Morgan fingerprint density at radius 1 is 0.762 bits per heavy atom. The Balaban J connectivity index is 1.92. The predicted molar refractivity (Wildman–Crippen MR) is 74.3 cm³/mol. The Bertz CT molecular complexity index is 568. The maximum absolute atomic E-state index is 13.4. The van der Waals surface area contributed by atoms with E-state index in [1.807, 2.05) is 0 Å². The highest BCUT2D eigenvalue weighted by atomic mass is 19.1. The molecule has 0 saturated carbocycles. The molecule has 0 N–H and O–H groups in total. The summed E-state index contributed by atoms with van der Waals surface area (Å²) in [7, 11) is 2.57. The van der Waals surface area contributed by atoms with E-state index in [-0.39, 0.29) is 30.7 Å². The van der Waals surface area contributed by atoms with Gasteiger partial charge in [-0.25, -0.2) is 8.78 Å². The zero-order chi connectivity index (χ0) is 15.2. The van der Waals surface area contributed by atoms with E-state index in [2.05, 4.69) is 0 Å². The third-order valence-electron chi connectivity index (χ3n) is 2.70. The van der Waals surface area contributed by atoms with Crippen LogP contribution >= 0.6 is 0 Å². The summed E-state index contributed by atoms with van der Waals surface area (Å²) in [5.74, 6) is -0.262. The van der Waals surface area contributed by atoms with Crippen molar-refractivity contribution < 1.29 is 27.6 Å². The molecule has 21 heavy (non-hydrogen) atoms. The van der Waals surface area contributed by atoms with Gasteiger partial charge in [0.2, 0.25) is 0 Å². The highest BCUT2D eigenvalue weighted by Crippen LogP contribution is 2.23. The number of hydrogen-bond acceptors (Lipinski definition) is 4. The predicted octanol–water partition coefficient (Wildman–Crippen LogP) is 2.71. The van der Waals surface area contributed by atoms with Gasteiger partial charge in [0.05, 0.1) is 14.2 Å². The van der Waals surface area contributed by atoms with Crippen molar-refractivity contribution in [3.05, 3.63) is 48.0 Å². The van der Waals surface area contributed by atoms with Gasteiger partial charge in [0.25, 0.3) is 0 Å². The van der Waals surface area contributed by atoms with Crippen LogP contribution in [-0.2, 0) is 0 Å². The van der Waals surface area contributed by atoms with E-state index in [0.717, 1.165) is 0 Å². The van der Waals surface area contributed by atoms with Crippen LogP contribution in [-0.4, -0.2) is 21.9 Å². The van der Waals surface area contributed by atoms with Crippen LogP contribution in [0.4, 0.5) is 8.78 Å². The highest BCUT2D eigenvalue weighted by Gasteiger charge is 2.07. The van der Waals surface area contributed by atoms with Crippen molar-refractivity contribution in [2.24, 2.45) is 0 Å². The van der Waals surface area contributed by atoms with Crippen LogP contribution in [0.15, 0.2) is 36.4 Å². The van der Waals surface area contributed by atoms with E-state index in [1.165, 1.54) is 38.5 Å². The Morgan fingerprint density at radius 2 is 1.19 bits per heavy atom. The van der Waals surface area contributed by atoms with Gasteiger partial charge >= 0.3 is 7.69 Å². The van der Waals surface area contributed by atoms with Crippen molar-refractivity contribution in [3.63, 3.8) is 0 Å². The maximum atomic E-state index is 13.4. The van der Waals surface area contributed by atoms with Crippen molar-refractivity contribution in [2.75, 3.05) is 14.2 Å². The molecule has 7 heteroatoms. The summed E-state index contributed by atoms with van der Waals surface area (Å²) in [5, 5.41) is 0. The van der Waals surface area contributed by atoms with E-state index in [0.29, 0.717) is 0 Å². The topological polar surface area (TPSA) is 36.9 Å². The maximum Gasteiger partial charge on any atom is 0.576 e. The molecule has 0 radical (unpaired) electrons. The fourth-order valence-electron chi connectivity index (χ4n) is 1.64. The number of hydrogen-bond donors (Lipinski definition) is 0. The Labute approximate surface area is 121 Å². The molecular weight excluding hydrogens is 281 g/mol. The van der Waals surface area contributed by atoms with Crippen LogP contribution in [0.5, 0.6) is 23.0 Å². The molecule has 0 unspecified atom stereocenters. The molecule has 0 fully saturated rings. The minimum Gasteiger partial charge on any atom is -0.528 e. The lowest BCUT2D eigenvalue weighted by Crippen LogP contribution is -2.11. The molecule has 0 amide bonds. The molecule has 0 heterocycles. The standard InChI is InChI=1S/C14H13BF2O4/c1-18-13-5-3-9(7-11(13)16)20-15-21-10-4-6-14(19-2)12(17)8-10/h3-8,15H,1-2H3. The Hall–Kier alpha value is -2.44. The molecule has 4 nitrogen and oxygen atoms in total. The molecule has 0 saturated heterocycles. The van der Waals surface area contributed by atoms with Gasteiger partial charge in [-0.05, 0) is 24.3 Å². The molecule has 0 aliphatic rings. The first-order valence-corrected chi connectivity index (χ1v) is 6.06. The molecule has 110 valence electrons. The second-order valence-corrected chi connectivity index (χ2v) is 4.00. The summed E-state index contributed by atoms with van der Waals surface area (Å²) in [5.41, 5.74) is 0. The zero-order valence-corrected chi connectivity index (χ0v) is 11.6. The van der Waals surface area contributed by atoms with Crippen LogP contribution < -0.4 is 18.8 Å². The lowest BCUT2D eigenvalue weighted by Gasteiger charge is -2.09. The smallest absolute Gasteiger partial charge is 0.528 e. The fourth-order valence-corrected chi connectivity index (χ4v) is 1.64. The lowest BCUT2D eigenvalue weighted by atomic mass is 10.2. The van der Waals surface area contributed by atoms with Gasteiger partial charge in [-0.1, -0.05) is 0 Å². The molecule has 0 aromatic heterocycles. The SMILES string of the molecule is COc1ccc(OBOc2ccc(OC)c(F)c2)cc1F. The summed E-state index contributed by atoms with van der Waals surface area (Å²) in [4.78, 5) is 0. The lowest BCUT2D eigenvalue weighted by molar-refractivity contribution is 0.381. The second-order valence-electron chi connectivity index (χ2n) is 4.00. The van der Waals surface area contributed by atoms with Crippen molar-refractivity contribution >= 4 is 7.69 Å². The third-order valence-corrected chi connectivity index (χ3v) is 2.70. The highest BCUT2D eigenvalue weighted by molar-refractivity contribution is 6.20. The van der Waals surface area contributed by atoms with Crippen molar-refractivity contribution in [1.29, 1.82) is 0 Å². The first-order chi connectivity index (χ1) is 10.1. The molecule has 2 rings (SSSR count). The molecule has 0 spiro atoms. The first-order valence-electron chi connectivity index (χ1n) is 6.06. The molecule has 0 aliphatic heterocycles. The van der Waals surface area contributed by atoms with Gasteiger partial charge in [0.15, 0.2) is 23.1 Å². The summed E-state index contributed by atoms with van der Waals surface area (Å²) >= 11 is 0.